The summed E-state index contributed by atoms with van der Waals surface area (Å²) in [4.78, 5) is 0. The maximum absolute atomic E-state index is 5.13. The Labute approximate surface area is 195 Å². The third-order valence-electron chi connectivity index (χ3n) is 7.47. The molecule has 1 aromatic carbocycles. The van der Waals surface area contributed by atoms with Crippen LogP contribution in [0.2, 0.25) is 13.3 Å². The van der Waals surface area contributed by atoms with Gasteiger partial charge in [-0.3, -0.25) is 0 Å². The number of hydrogen-bond donors (Lipinski definition) is 0. The summed E-state index contributed by atoms with van der Waals surface area (Å²) in [6.07, 6.45) is 14.9. The molecule has 172 valence electrons. The monoisotopic (exact) mass is 531 g/mol. The van der Waals surface area contributed by atoms with Crippen LogP contribution < -0.4 is 3.71 Å². The van der Waals surface area contributed by atoms with Gasteiger partial charge in [-0.2, -0.15) is 0 Å². The number of aromatic nitrogens is 3. The van der Waals surface area contributed by atoms with Crippen LogP contribution in [0.25, 0.3) is 0 Å². The number of rotatable bonds is 13. The van der Waals surface area contributed by atoms with Gasteiger partial charge in [0.25, 0.3) is 0 Å². The van der Waals surface area contributed by atoms with Gasteiger partial charge in [-0.05, 0) is 0 Å². The summed E-state index contributed by atoms with van der Waals surface area (Å²) in [6, 6.07) is 10.9. The summed E-state index contributed by atoms with van der Waals surface area (Å²) in [5.74, 6) is 0.684. The number of nitrogens with zero attached hydrogens (tertiary/aromatic N) is 3. The molecule has 0 saturated heterocycles. The van der Waals surface area contributed by atoms with Crippen LogP contribution in [0.3, 0.4) is 0 Å². The summed E-state index contributed by atoms with van der Waals surface area (Å²) >= 11 is -2.61. The molecule has 0 N–H and O–H groups in total. The molecule has 3 nitrogen and oxygen atoms in total. The van der Waals surface area contributed by atoms with Crippen molar-refractivity contribution in [1.82, 2.24) is 15.0 Å². The Bertz CT molecular complexity index is 727. The Kier molecular flexibility index (Phi) is 10.4. The quantitative estimate of drug-likeness (QED) is 0.252. The molecular formula is C27H45N3Sn. The first-order chi connectivity index (χ1) is 15.2. The second-order valence-electron chi connectivity index (χ2n) is 9.89. The molecule has 2 aromatic rings. The van der Waals surface area contributed by atoms with Crippen molar-refractivity contribution in [1.29, 1.82) is 0 Å². The van der Waals surface area contributed by atoms with Gasteiger partial charge in [0, 0.05) is 0 Å². The molecule has 1 fully saturated rings. The zero-order chi connectivity index (χ0) is 21.9. The minimum absolute atomic E-state index is 0.684. The zero-order valence-corrected chi connectivity index (χ0v) is 23.3. The van der Waals surface area contributed by atoms with Crippen LogP contribution in [-0.4, -0.2) is 33.4 Å². The van der Waals surface area contributed by atoms with Gasteiger partial charge < -0.3 is 0 Å². The van der Waals surface area contributed by atoms with Crippen LogP contribution in [0.5, 0.6) is 0 Å². The van der Waals surface area contributed by atoms with Gasteiger partial charge in [0.15, 0.2) is 0 Å². The predicted octanol–water partition coefficient (Wildman–Crippen LogP) is 7.43. The minimum atomic E-state index is -2.61. The molecule has 0 unspecified atom stereocenters. The molecule has 0 radical (unpaired) electrons. The van der Waals surface area contributed by atoms with E-state index in [1.165, 1.54) is 89.5 Å². The summed E-state index contributed by atoms with van der Waals surface area (Å²) in [6.45, 7) is 7.98. The van der Waals surface area contributed by atoms with Crippen molar-refractivity contribution >= 4 is 22.1 Å². The van der Waals surface area contributed by atoms with Crippen LogP contribution in [0.15, 0.2) is 30.3 Å². The van der Waals surface area contributed by atoms with E-state index in [1.807, 2.05) is 0 Å². The zero-order valence-electron chi connectivity index (χ0n) is 20.4. The maximum atomic E-state index is 5.13. The first kappa shape index (κ1) is 24.8. The second-order valence-corrected chi connectivity index (χ2v) is 22.8. The van der Waals surface area contributed by atoms with Gasteiger partial charge in [0.1, 0.15) is 0 Å². The van der Waals surface area contributed by atoms with Gasteiger partial charge in [0.05, 0.1) is 0 Å². The van der Waals surface area contributed by atoms with E-state index < -0.39 is 18.4 Å². The molecule has 0 atom stereocenters. The van der Waals surface area contributed by atoms with Gasteiger partial charge in [0.2, 0.25) is 0 Å². The molecule has 3 rings (SSSR count). The Hall–Kier alpha value is -0.841. The molecule has 1 aliphatic carbocycles. The summed E-state index contributed by atoms with van der Waals surface area (Å²) in [5.41, 5.74) is 2.94. The average Bonchev–Trinajstić information content (AvgIpc) is 3.24. The SMILES string of the molecule is CCC[CH2][Sn]([CH2]CCC)([CH2]CCC)[c]1nnn(Cc2ccccc2)c1C1CCCCC1. The van der Waals surface area contributed by atoms with Gasteiger partial charge in [-0.15, -0.1) is 0 Å². The van der Waals surface area contributed by atoms with Crippen molar-refractivity contribution in [3.8, 4) is 0 Å². The van der Waals surface area contributed by atoms with E-state index in [-0.39, 0.29) is 0 Å². The topological polar surface area (TPSA) is 30.7 Å². The molecular weight excluding hydrogens is 485 g/mol. The number of benzene rings is 1. The normalized spacial score (nSPS) is 15.5. The van der Waals surface area contributed by atoms with E-state index in [1.54, 1.807) is 9.40 Å². The van der Waals surface area contributed by atoms with E-state index in [4.69, 9.17) is 10.3 Å². The van der Waals surface area contributed by atoms with E-state index in [0.717, 1.165) is 6.54 Å². The first-order valence-electron chi connectivity index (χ1n) is 13.2. The Morgan fingerprint density at radius 3 is 1.97 bits per heavy atom. The predicted molar refractivity (Wildman–Crippen MR) is 136 cm³/mol. The third kappa shape index (κ3) is 6.58. The Morgan fingerprint density at radius 1 is 0.839 bits per heavy atom. The number of hydrogen-bond acceptors (Lipinski definition) is 2. The molecule has 1 saturated carbocycles. The van der Waals surface area contributed by atoms with Crippen LogP contribution in [0.1, 0.15) is 109 Å². The van der Waals surface area contributed by atoms with Gasteiger partial charge in [-0.1, -0.05) is 0 Å². The molecule has 0 spiro atoms. The summed E-state index contributed by atoms with van der Waals surface area (Å²) in [7, 11) is 0. The fourth-order valence-electron chi connectivity index (χ4n) is 5.63. The fraction of sp³-hybridized carbons (Fsp3) is 0.704. The molecule has 31 heavy (non-hydrogen) atoms. The molecule has 1 aliphatic rings. The van der Waals surface area contributed by atoms with E-state index in [9.17, 15) is 0 Å². The van der Waals surface area contributed by atoms with Crippen molar-refractivity contribution in [2.75, 3.05) is 0 Å². The molecule has 0 bridgehead atoms. The summed E-state index contributed by atoms with van der Waals surface area (Å²) < 4.78 is 8.38. The third-order valence-corrected chi connectivity index (χ3v) is 22.6. The molecule has 0 amide bonds. The standard InChI is InChI=1S/C15H18N3.3C4H9.Sn/c1-3-7-13(8-4-1)12-18-15(11-16-17-18)14-9-5-2-6-10-14;3*1-3-4-2;/h1,3-4,7-8,14H,2,5-6,9-10,12H2;3*1,3-4H2,2H3;. The van der Waals surface area contributed by atoms with E-state index in [0.29, 0.717) is 5.92 Å². The van der Waals surface area contributed by atoms with Crippen molar-refractivity contribution in [2.45, 2.75) is 117 Å². The Balaban J connectivity index is 2.05. The Morgan fingerprint density at radius 2 is 1.42 bits per heavy atom. The average molecular weight is 530 g/mol. The summed E-state index contributed by atoms with van der Waals surface area (Å²) in [5, 5.41) is 10.0. The molecule has 4 heteroatoms. The van der Waals surface area contributed by atoms with Crippen molar-refractivity contribution in [3.63, 3.8) is 0 Å². The number of unbranched alkanes of at least 4 members (excludes halogenated alkanes) is 3. The van der Waals surface area contributed by atoms with Gasteiger partial charge >= 0.3 is 196 Å². The van der Waals surface area contributed by atoms with Crippen LogP contribution in [0.4, 0.5) is 0 Å². The molecule has 1 heterocycles. The van der Waals surface area contributed by atoms with E-state index in [2.05, 4.69) is 55.8 Å². The second kappa shape index (κ2) is 13.0. The molecule has 0 aliphatic heterocycles. The van der Waals surface area contributed by atoms with Crippen molar-refractivity contribution in [3.05, 3.63) is 41.6 Å². The van der Waals surface area contributed by atoms with E-state index >= 15 is 0 Å². The van der Waals surface area contributed by atoms with Crippen LogP contribution >= 0.6 is 0 Å². The van der Waals surface area contributed by atoms with Crippen LogP contribution in [-0.2, 0) is 6.54 Å². The van der Waals surface area contributed by atoms with Crippen molar-refractivity contribution < 1.29 is 0 Å². The fourth-order valence-corrected chi connectivity index (χ4v) is 21.9. The molecule has 1 aromatic heterocycles. The van der Waals surface area contributed by atoms with Gasteiger partial charge in [-0.25, -0.2) is 0 Å². The first-order valence-corrected chi connectivity index (χ1v) is 20.7. The van der Waals surface area contributed by atoms with Crippen LogP contribution in [0, 0.1) is 0 Å². The van der Waals surface area contributed by atoms with Crippen molar-refractivity contribution in [2.24, 2.45) is 0 Å².